The number of aliphatic hydroxyl groups excluding tert-OH is 1. The summed E-state index contributed by atoms with van der Waals surface area (Å²) < 4.78 is 12.7. The van der Waals surface area contributed by atoms with Crippen LogP contribution in [-0.4, -0.2) is 38.0 Å². The summed E-state index contributed by atoms with van der Waals surface area (Å²) in [6, 6.07) is 12.4. The fourth-order valence-corrected chi connectivity index (χ4v) is 3.18. The van der Waals surface area contributed by atoms with Gasteiger partial charge < -0.3 is 25.2 Å². The van der Waals surface area contributed by atoms with Crippen molar-refractivity contribution in [2.24, 2.45) is 0 Å². The molecule has 6 heteroatoms. The van der Waals surface area contributed by atoms with Crippen molar-refractivity contribution in [2.45, 2.75) is 27.0 Å². The number of rotatable bonds is 12. The minimum Gasteiger partial charge on any atom is -0.490 e. The van der Waals surface area contributed by atoms with Crippen molar-refractivity contribution in [1.82, 2.24) is 10.6 Å². The lowest BCUT2D eigenvalue weighted by Gasteiger charge is -2.16. The Morgan fingerprint density at radius 3 is 2.41 bits per heavy atom. The molecule has 0 aromatic heterocycles. The number of aliphatic hydroxyl groups is 1. The number of halogens is 1. The summed E-state index contributed by atoms with van der Waals surface area (Å²) in [4.78, 5) is 0. The van der Waals surface area contributed by atoms with Crippen LogP contribution in [0.3, 0.4) is 0 Å². The predicted octanol–water partition coefficient (Wildman–Crippen LogP) is 3.41. The predicted molar refractivity (Wildman–Crippen MR) is 112 cm³/mol. The van der Waals surface area contributed by atoms with E-state index >= 15 is 0 Å². The molecule has 0 fully saturated rings. The van der Waals surface area contributed by atoms with Gasteiger partial charge in [-0.15, -0.1) is 0 Å². The molecule has 2 aromatic carbocycles. The molecule has 0 amide bonds. The zero-order valence-corrected chi connectivity index (χ0v) is 17.6. The third-order valence-corrected chi connectivity index (χ3v) is 4.56. The Bertz CT molecular complexity index is 693. The van der Waals surface area contributed by atoms with Gasteiger partial charge in [0.25, 0.3) is 0 Å². The van der Waals surface area contributed by atoms with Crippen LogP contribution in [0, 0.1) is 6.92 Å². The molecular weight excluding hydrogens is 408 g/mol. The van der Waals surface area contributed by atoms with E-state index in [1.54, 1.807) is 0 Å². The second-order valence-corrected chi connectivity index (χ2v) is 7.12. The van der Waals surface area contributed by atoms with E-state index in [2.05, 4.69) is 63.8 Å². The van der Waals surface area contributed by atoms with Crippen LogP contribution in [-0.2, 0) is 13.2 Å². The average molecular weight is 437 g/mol. The molecule has 0 aliphatic rings. The van der Waals surface area contributed by atoms with E-state index in [0.717, 1.165) is 46.7 Å². The first kappa shape index (κ1) is 21.7. The fourth-order valence-electron chi connectivity index (χ4n) is 2.58. The van der Waals surface area contributed by atoms with Crippen molar-refractivity contribution < 1.29 is 14.6 Å². The van der Waals surface area contributed by atoms with Gasteiger partial charge in [0.05, 0.1) is 17.7 Å². The van der Waals surface area contributed by atoms with E-state index < -0.39 is 0 Å². The topological polar surface area (TPSA) is 62.8 Å². The lowest BCUT2D eigenvalue weighted by molar-refractivity contribution is 0.267. The maximum absolute atomic E-state index is 8.75. The number of benzene rings is 2. The molecule has 2 aromatic rings. The molecule has 0 atom stereocenters. The standard InChI is InChI=1S/C21H29BrN2O3/c1-3-26-20-13-18(14-24-9-8-23-10-11-25)12-19(22)21(20)27-15-17-6-4-16(2)5-7-17/h4-7,12-13,23-25H,3,8-11,14-15H2,1-2H3. The van der Waals surface area contributed by atoms with Gasteiger partial charge in [0, 0.05) is 26.2 Å². The molecule has 0 aliphatic heterocycles. The molecule has 27 heavy (non-hydrogen) atoms. The summed E-state index contributed by atoms with van der Waals surface area (Å²) >= 11 is 3.62. The van der Waals surface area contributed by atoms with Gasteiger partial charge in [0.1, 0.15) is 6.61 Å². The molecule has 0 spiro atoms. The summed E-state index contributed by atoms with van der Waals surface area (Å²) in [7, 11) is 0. The van der Waals surface area contributed by atoms with Crippen molar-refractivity contribution in [3.05, 3.63) is 57.6 Å². The molecule has 0 unspecified atom stereocenters. The summed E-state index contributed by atoms with van der Waals surface area (Å²) in [5, 5.41) is 15.3. The van der Waals surface area contributed by atoms with Crippen LogP contribution >= 0.6 is 15.9 Å². The van der Waals surface area contributed by atoms with Crippen molar-refractivity contribution in [3.63, 3.8) is 0 Å². The van der Waals surface area contributed by atoms with Crippen LogP contribution in [0.5, 0.6) is 11.5 Å². The number of ether oxygens (including phenoxy) is 2. The van der Waals surface area contributed by atoms with Crippen LogP contribution in [0.15, 0.2) is 40.9 Å². The van der Waals surface area contributed by atoms with Crippen LogP contribution in [0.2, 0.25) is 0 Å². The molecule has 0 saturated carbocycles. The van der Waals surface area contributed by atoms with Crippen molar-refractivity contribution >= 4 is 15.9 Å². The summed E-state index contributed by atoms with van der Waals surface area (Å²) in [5.41, 5.74) is 3.48. The number of nitrogens with one attached hydrogen (secondary N) is 2. The summed E-state index contributed by atoms with van der Waals surface area (Å²) in [6.45, 7) is 8.27. The lowest BCUT2D eigenvalue weighted by atomic mass is 10.1. The Balaban J connectivity index is 1.98. The zero-order valence-electron chi connectivity index (χ0n) is 16.1. The fraction of sp³-hybridized carbons (Fsp3) is 0.429. The number of aryl methyl sites for hydroxylation is 1. The Labute approximate surface area is 170 Å². The first-order valence-electron chi connectivity index (χ1n) is 9.30. The largest absolute Gasteiger partial charge is 0.490 e. The van der Waals surface area contributed by atoms with Crippen molar-refractivity contribution in [2.75, 3.05) is 32.8 Å². The molecule has 5 nitrogen and oxygen atoms in total. The minimum atomic E-state index is 0.161. The van der Waals surface area contributed by atoms with Crippen molar-refractivity contribution in [3.8, 4) is 11.5 Å². The Morgan fingerprint density at radius 1 is 0.963 bits per heavy atom. The van der Waals surface area contributed by atoms with E-state index in [-0.39, 0.29) is 6.61 Å². The van der Waals surface area contributed by atoms with Crippen molar-refractivity contribution in [1.29, 1.82) is 0 Å². The quantitative estimate of drug-likeness (QED) is 0.445. The highest BCUT2D eigenvalue weighted by atomic mass is 79.9. The molecule has 0 radical (unpaired) electrons. The molecule has 0 saturated heterocycles. The summed E-state index contributed by atoms with van der Waals surface area (Å²) in [6.07, 6.45) is 0. The highest BCUT2D eigenvalue weighted by Crippen LogP contribution is 2.37. The van der Waals surface area contributed by atoms with Crippen LogP contribution < -0.4 is 20.1 Å². The molecule has 0 heterocycles. The smallest absolute Gasteiger partial charge is 0.175 e. The summed E-state index contributed by atoms with van der Waals surface area (Å²) in [5.74, 6) is 1.47. The Morgan fingerprint density at radius 2 is 1.70 bits per heavy atom. The normalized spacial score (nSPS) is 10.8. The maximum Gasteiger partial charge on any atom is 0.175 e. The second-order valence-electron chi connectivity index (χ2n) is 6.26. The minimum absolute atomic E-state index is 0.161. The Kier molecular flexibility index (Phi) is 9.62. The highest BCUT2D eigenvalue weighted by Gasteiger charge is 2.12. The van der Waals surface area contributed by atoms with Gasteiger partial charge >= 0.3 is 0 Å². The van der Waals surface area contributed by atoms with Crippen LogP contribution in [0.25, 0.3) is 0 Å². The zero-order chi connectivity index (χ0) is 19.5. The second kappa shape index (κ2) is 12.0. The van der Waals surface area contributed by atoms with Gasteiger partial charge in [-0.2, -0.15) is 0 Å². The lowest BCUT2D eigenvalue weighted by Crippen LogP contribution is -2.28. The SMILES string of the molecule is CCOc1cc(CNCCNCCO)cc(Br)c1OCc1ccc(C)cc1. The third kappa shape index (κ3) is 7.50. The Hall–Kier alpha value is -1.60. The van der Waals surface area contributed by atoms with Gasteiger partial charge in [-0.25, -0.2) is 0 Å². The molecule has 2 rings (SSSR count). The monoisotopic (exact) mass is 436 g/mol. The van der Waals surface area contributed by atoms with Gasteiger partial charge in [-0.1, -0.05) is 29.8 Å². The first-order valence-corrected chi connectivity index (χ1v) is 10.1. The third-order valence-electron chi connectivity index (χ3n) is 3.97. The molecule has 3 N–H and O–H groups in total. The van der Waals surface area contributed by atoms with E-state index in [1.165, 1.54) is 5.56 Å². The molecule has 0 aliphatic carbocycles. The number of hydrogen-bond acceptors (Lipinski definition) is 5. The maximum atomic E-state index is 8.75. The van der Waals surface area contributed by atoms with Gasteiger partial charge in [-0.05, 0) is 53.0 Å². The average Bonchev–Trinajstić information content (AvgIpc) is 2.65. The van der Waals surface area contributed by atoms with Crippen LogP contribution in [0.4, 0.5) is 0 Å². The van der Waals surface area contributed by atoms with E-state index in [9.17, 15) is 0 Å². The van der Waals surface area contributed by atoms with E-state index in [1.807, 2.05) is 13.0 Å². The first-order chi connectivity index (χ1) is 13.1. The molecule has 0 bridgehead atoms. The number of hydrogen-bond donors (Lipinski definition) is 3. The highest BCUT2D eigenvalue weighted by molar-refractivity contribution is 9.10. The van der Waals surface area contributed by atoms with Gasteiger partial charge in [0.15, 0.2) is 11.5 Å². The van der Waals surface area contributed by atoms with Crippen LogP contribution in [0.1, 0.15) is 23.6 Å². The van der Waals surface area contributed by atoms with E-state index in [4.69, 9.17) is 14.6 Å². The van der Waals surface area contributed by atoms with Gasteiger partial charge in [-0.3, -0.25) is 0 Å². The van der Waals surface area contributed by atoms with E-state index in [0.29, 0.717) is 19.8 Å². The molecular formula is C21H29BrN2O3. The van der Waals surface area contributed by atoms with Gasteiger partial charge in [0.2, 0.25) is 0 Å². The molecule has 148 valence electrons.